The van der Waals surface area contributed by atoms with E-state index in [1.165, 1.54) is 37.8 Å². The molecule has 0 bridgehead atoms. The quantitative estimate of drug-likeness (QED) is 0.693. The van der Waals surface area contributed by atoms with Crippen LogP contribution in [-0.2, 0) is 6.18 Å². The zero-order chi connectivity index (χ0) is 19.3. The highest BCUT2D eigenvalue weighted by atomic mass is 19.4. The number of nitrogens with one attached hydrogen (secondary N) is 2. The van der Waals surface area contributed by atoms with Gasteiger partial charge >= 0.3 is 6.18 Å². The van der Waals surface area contributed by atoms with Crippen molar-refractivity contribution in [3.63, 3.8) is 0 Å². The second-order valence-electron chi connectivity index (χ2n) is 6.79. The molecule has 3 rings (SSSR count). The van der Waals surface area contributed by atoms with Gasteiger partial charge in [0.05, 0.1) is 5.56 Å². The predicted octanol–water partition coefficient (Wildman–Crippen LogP) is 5.49. The molecule has 144 valence electrons. The van der Waals surface area contributed by atoms with E-state index in [2.05, 4.69) is 15.6 Å². The molecule has 1 aliphatic carbocycles. The third-order valence-corrected chi connectivity index (χ3v) is 4.69. The highest BCUT2D eigenvalue weighted by Crippen LogP contribution is 2.30. The Kier molecular flexibility index (Phi) is 5.98. The lowest BCUT2D eigenvalue weighted by Crippen LogP contribution is -2.19. The van der Waals surface area contributed by atoms with Gasteiger partial charge in [0.25, 0.3) is 5.91 Å². The number of amides is 1. The van der Waals surface area contributed by atoms with Crippen LogP contribution in [0.5, 0.6) is 0 Å². The molecule has 1 amide bonds. The zero-order valence-electron chi connectivity index (χ0n) is 14.9. The fraction of sp³-hybridized carbons (Fsp3) is 0.400. The minimum absolute atomic E-state index is 0.216. The summed E-state index contributed by atoms with van der Waals surface area (Å²) in [5, 5.41) is 6.04. The molecule has 1 fully saturated rings. The van der Waals surface area contributed by atoms with Gasteiger partial charge in [-0.15, -0.1) is 0 Å². The van der Waals surface area contributed by atoms with Crippen molar-refractivity contribution in [3.05, 3.63) is 53.9 Å². The number of nitrogens with zero attached hydrogens (tertiary/aromatic N) is 1. The van der Waals surface area contributed by atoms with Crippen LogP contribution < -0.4 is 10.6 Å². The highest BCUT2D eigenvalue weighted by Gasteiger charge is 2.30. The molecule has 7 heteroatoms. The lowest BCUT2D eigenvalue weighted by atomic mass is 10.1. The van der Waals surface area contributed by atoms with E-state index in [-0.39, 0.29) is 11.4 Å². The SMILES string of the molecule is O=C(Nc1ccc(C(F)(F)F)cc1)c1cc(NC2CCCCCC2)ccn1. The summed E-state index contributed by atoms with van der Waals surface area (Å²) in [4.78, 5) is 16.4. The van der Waals surface area contributed by atoms with Gasteiger partial charge in [-0.3, -0.25) is 9.78 Å². The number of hydrogen-bond donors (Lipinski definition) is 2. The lowest BCUT2D eigenvalue weighted by molar-refractivity contribution is -0.137. The topological polar surface area (TPSA) is 54.0 Å². The maximum atomic E-state index is 12.6. The molecular formula is C20H22F3N3O. The third kappa shape index (κ3) is 5.45. The molecule has 0 saturated heterocycles. The van der Waals surface area contributed by atoms with E-state index in [0.29, 0.717) is 6.04 Å². The van der Waals surface area contributed by atoms with Crippen molar-refractivity contribution in [2.24, 2.45) is 0 Å². The van der Waals surface area contributed by atoms with Crippen LogP contribution in [0.15, 0.2) is 42.6 Å². The number of aromatic nitrogens is 1. The van der Waals surface area contributed by atoms with Crippen LogP contribution in [0.3, 0.4) is 0 Å². The van der Waals surface area contributed by atoms with Crippen LogP contribution in [0.1, 0.15) is 54.6 Å². The Bertz CT molecular complexity index is 767. The first-order valence-electron chi connectivity index (χ1n) is 9.13. The van der Waals surface area contributed by atoms with E-state index < -0.39 is 17.6 Å². The summed E-state index contributed by atoms with van der Waals surface area (Å²) in [7, 11) is 0. The molecule has 27 heavy (non-hydrogen) atoms. The fourth-order valence-corrected chi connectivity index (χ4v) is 3.24. The summed E-state index contributed by atoms with van der Waals surface area (Å²) in [5.74, 6) is -0.459. The first-order valence-corrected chi connectivity index (χ1v) is 9.13. The first kappa shape index (κ1) is 19.2. The van der Waals surface area contributed by atoms with Crippen molar-refractivity contribution in [1.82, 2.24) is 4.98 Å². The number of anilines is 2. The maximum absolute atomic E-state index is 12.6. The molecule has 1 saturated carbocycles. The van der Waals surface area contributed by atoms with Gasteiger partial charge in [-0.25, -0.2) is 0 Å². The van der Waals surface area contributed by atoms with Crippen LogP contribution >= 0.6 is 0 Å². The summed E-state index contributed by atoms with van der Waals surface area (Å²) >= 11 is 0. The van der Waals surface area contributed by atoms with Gasteiger partial charge in [-0.05, 0) is 49.2 Å². The normalized spacial score (nSPS) is 15.8. The highest BCUT2D eigenvalue weighted by molar-refractivity contribution is 6.03. The van der Waals surface area contributed by atoms with Crippen molar-refractivity contribution in [2.75, 3.05) is 10.6 Å². The van der Waals surface area contributed by atoms with Gasteiger partial charge in [0.1, 0.15) is 5.69 Å². The van der Waals surface area contributed by atoms with Gasteiger partial charge < -0.3 is 10.6 Å². The Morgan fingerprint density at radius 3 is 2.26 bits per heavy atom. The fourth-order valence-electron chi connectivity index (χ4n) is 3.24. The summed E-state index contributed by atoms with van der Waals surface area (Å²) in [5.41, 5.74) is 0.577. The monoisotopic (exact) mass is 377 g/mol. The minimum Gasteiger partial charge on any atom is -0.382 e. The Labute approximate surface area is 156 Å². The molecule has 0 spiro atoms. The smallest absolute Gasteiger partial charge is 0.382 e. The number of rotatable bonds is 4. The van der Waals surface area contributed by atoms with Gasteiger partial charge in [-0.2, -0.15) is 13.2 Å². The molecule has 4 nitrogen and oxygen atoms in total. The van der Waals surface area contributed by atoms with Gasteiger partial charge in [0, 0.05) is 23.6 Å². The van der Waals surface area contributed by atoms with Crippen LogP contribution in [0.25, 0.3) is 0 Å². The van der Waals surface area contributed by atoms with Gasteiger partial charge in [0.2, 0.25) is 0 Å². The Morgan fingerprint density at radius 2 is 1.63 bits per heavy atom. The van der Waals surface area contributed by atoms with Crippen LogP contribution in [-0.4, -0.2) is 16.9 Å². The lowest BCUT2D eigenvalue weighted by Gasteiger charge is -2.18. The van der Waals surface area contributed by atoms with Gasteiger partial charge in [-0.1, -0.05) is 25.7 Å². The van der Waals surface area contributed by atoms with Crippen LogP contribution in [0, 0.1) is 0 Å². The predicted molar refractivity (Wildman–Crippen MR) is 98.7 cm³/mol. The van der Waals surface area contributed by atoms with Crippen LogP contribution in [0.2, 0.25) is 0 Å². The number of benzene rings is 1. The number of pyridine rings is 1. The Hall–Kier alpha value is -2.57. The number of carbonyl (C=O) groups is 1. The Balaban J connectivity index is 1.64. The standard InChI is InChI=1S/C20H22F3N3O/c21-20(22,23)14-7-9-16(10-8-14)26-19(27)18-13-17(11-12-24-18)25-15-5-3-1-2-4-6-15/h7-13,15H,1-6H2,(H,24,25)(H,26,27). The molecule has 0 atom stereocenters. The van der Waals surface area contributed by atoms with Crippen LogP contribution in [0.4, 0.5) is 24.5 Å². The minimum atomic E-state index is -4.40. The number of alkyl halides is 3. The molecule has 1 aliphatic rings. The molecule has 0 aliphatic heterocycles. The van der Waals surface area contributed by atoms with E-state index in [1.54, 1.807) is 12.3 Å². The molecule has 1 heterocycles. The summed E-state index contributed by atoms with van der Waals surface area (Å²) in [6.07, 6.45) is 4.28. The van der Waals surface area contributed by atoms with Gasteiger partial charge in [0.15, 0.2) is 0 Å². The number of carbonyl (C=O) groups excluding carboxylic acids is 1. The second-order valence-corrected chi connectivity index (χ2v) is 6.79. The average molecular weight is 377 g/mol. The molecule has 1 aromatic heterocycles. The molecule has 0 unspecified atom stereocenters. The van der Waals surface area contributed by atoms with E-state index in [4.69, 9.17) is 0 Å². The first-order chi connectivity index (χ1) is 12.9. The van der Waals surface area contributed by atoms with E-state index in [0.717, 1.165) is 30.7 Å². The molecule has 2 N–H and O–H groups in total. The summed E-state index contributed by atoms with van der Waals surface area (Å²) in [6.45, 7) is 0. The summed E-state index contributed by atoms with van der Waals surface area (Å²) < 4.78 is 37.8. The number of halogens is 3. The average Bonchev–Trinajstić information content (AvgIpc) is 2.90. The van der Waals surface area contributed by atoms with Crippen molar-refractivity contribution in [3.8, 4) is 0 Å². The zero-order valence-corrected chi connectivity index (χ0v) is 14.9. The van der Waals surface area contributed by atoms with Crippen molar-refractivity contribution >= 4 is 17.3 Å². The van der Waals surface area contributed by atoms with E-state index in [9.17, 15) is 18.0 Å². The Morgan fingerprint density at radius 1 is 0.963 bits per heavy atom. The molecule has 0 radical (unpaired) electrons. The van der Waals surface area contributed by atoms with Crippen molar-refractivity contribution < 1.29 is 18.0 Å². The van der Waals surface area contributed by atoms with Crippen molar-refractivity contribution in [1.29, 1.82) is 0 Å². The number of hydrogen-bond acceptors (Lipinski definition) is 3. The summed E-state index contributed by atoms with van der Waals surface area (Å²) in [6, 6.07) is 8.22. The van der Waals surface area contributed by atoms with E-state index in [1.807, 2.05) is 6.07 Å². The second kappa shape index (κ2) is 8.41. The largest absolute Gasteiger partial charge is 0.416 e. The maximum Gasteiger partial charge on any atom is 0.416 e. The van der Waals surface area contributed by atoms with Crippen molar-refractivity contribution in [2.45, 2.75) is 50.7 Å². The third-order valence-electron chi connectivity index (χ3n) is 4.69. The van der Waals surface area contributed by atoms with E-state index >= 15 is 0 Å². The molecule has 1 aromatic carbocycles. The molecular weight excluding hydrogens is 355 g/mol. The molecule has 2 aromatic rings.